The molecule has 0 bridgehead atoms. The Balaban J connectivity index is 2.96. The molecule has 0 saturated carbocycles. The maximum absolute atomic E-state index is 11.6. The van der Waals surface area contributed by atoms with Crippen molar-refractivity contribution in [3.05, 3.63) is 12.7 Å². The van der Waals surface area contributed by atoms with Crippen LogP contribution in [0, 0.1) is 0 Å². The number of nitrogens with one attached hydrogen (secondary N) is 1. The molecule has 1 nitrogen and oxygen atoms in total. The normalized spacial score (nSPS) is 13.7. The summed E-state index contributed by atoms with van der Waals surface area (Å²) < 4.78 is 13.7. The molecule has 1 atom stereocenters. The third kappa shape index (κ3) is 2.35. The molecule has 0 aliphatic rings. The van der Waals surface area contributed by atoms with Crippen LogP contribution < -0.4 is 4.34 Å². The van der Waals surface area contributed by atoms with E-state index in [1.807, 2.05) is 0 Å². The minimum absolute atomic E-state index is 1.13. The number of halogens is 2. The van der Waals surface area contributed by atoms with Gasteiger partial charge in [0.25, 0.3) is 0 Å². The van der Waals surface area contributed by atoms with Crippen molar-refractivity contribution in [1.29, 1.82) is 0 Å². The quantitative estimate of drug-likeness (QED) is 0.359. The molecule has 36 valence electrons. The molecule has 0 aromatic heterocycles. The van der Waals surface area contributed by atoms with E-state index in [4.69, 9.17) is 0 Å². The van der Waals surface area contributed by atoms with Crippen molar-refractivity contribution in [3.63, 3.8) is 0 Å². The van der Waals surface area contributed by atoms with Crippen LogP contribution in [0.4, 0.5) is 4.39 Å². The van der Waals surface area contributed by atoms with Crippen molar-refractivity contribution in [2.75, 3.05) is 0 Å². The molecule has 0 fully saturated rings. The van der Waals surface area contributed by atoms with Gasteiger partial charge in [0.15, 0.2) is 6.30 Å². The van der Waals surface area contributed by atoms with E-state index >= 15 is 0 Å². The van der Waals surface area contributed by atoms with Crippen LogP contribution in [0.25, 0.3) is 0 Å². The van der Waals surface area contributed by atoms with Gasteiger partial charge in [-0.15, -0.1) is 0 Å². The summed E-state index contributed by atoms with van der Waals surface area (Å²) in [5, 5.41) is 0. The average molecular weight is 154 g/mol. The van der Waals surface area contributed by atoms with E-state index < -0.39 is 6.30 Å². The summed E-state index contributed by atoms with van der Waals surface area (Å²) in [6, 6.07) is 0. The number of hydrogen-bond donors (Lipinski definition) is 1. The fourth-order valence-electron chi connectivity index (χ4n) is 0.0445. The van der Waals surface area contributed by atoms with Crippen LogP contribution in [-0.4, -0.2) is 6.30 Å². The largest absolute Gasteiger partial charge is 0.225 e. The van der Waals surface area contributed by atoms with Crippen molar-refractivity contribution < 1.29 is 4.39 Å². The van der Waals surface area contributed by atoms with Crippen molar-refractivity contribution in [2.45, 2.75) is 6.30 Å². The zero-order chi connectivity index (χ0) is 4.99. The van der Waals surface area contributed by atoms with Crippen molar-refractivity contribution in [3.8, 4) is 0 Å². The van der Waals surface area contributed by atoms with Crippen LogP contribution in [0.15, 0.2) is 12.7 Å². The van der Waals surface area contributed by atoms with Gasteiger partial charge in [0.2, 0.25) is 0 Å². The third-order valence-corrected chi connectivity index (χ3v) is 0.749. The van der Waals surface area contributed by atoms with Gasteiger partial charge in [0.1, 0.15) is 0 Å². The highest BCUT2D eigenvalue weighted by molar-refractivity contribution is 9.08. The Hall–Kier alpha value is 0.110. The van der Waals surface area contributed by atoms with Crippen LogP contribution in [0.3, 0.4) is 0 Å². The van der Waals surface area contributed by atoms with Gasteiger partial charge < -0.3 is 0 Å². The van der Waals surface area contributed by atoms with Gasteiger partial charge in [-0.1, -0.05) is 6.58 Å². The SMILES string of the molecule is C=CC(F)NBr. The van der Waals surface area contributed by atoms with E-state index in [0.29, 0.717) is 0 Å². The third-order valence-electron chi connectivity index (χ3n) is 0.311. The van der Waals surface area contributed by atoms with Crippen molar-refractivity contribution in [1.82, 2.24) is 4.34 Å². The fourth-order valence-corrected chi connectivity index (χ4v) is 0.231. The molecule has 1 N–H and O–H groups in total. The summed E-state index contributed by atoms with van der Waals surface area (Å²) in [6.07, 6.45) is 0.0133. The molecule has 0 heterocycles. The van der Waals surface area contributed by atoms with Crippen LogP contribution in [0.2, 0.25) is 0 Å². The van der Waals surface area contributed by atoms with Gasteiger partial charge in [0.05, 0.1) is 0 Å². The topological polar surface area (TPSA) is 12.0 Å². The average Bonchev–Trinajstić information content (AvgIpc) is 1.65. The summed E-state index contributed by atoms with van der Waals surface area (Å²) in [5.74, 6) is 0. The van der Waals surface area contributed by atoms with Crippen LogP contribution in [0.5, 0.6) is 0 Å². The maximum atomic E-state index is 11.6. The van der Waals surface area contributed by atoms with E-state index in [0.717, 1.165) is 6.08 Å². The first-order valence-corrected chi connectivity index (χ1v) is 2.23. The van der Waals surface area contributed by atoms with Gasteiger partial charge in [-0.3, -0.25) is 0 Å². The molecule has 0 aromatic carbocycles. The number of alkyl halides is 1. The Morgan fingerprint density at radius 1 is 2.00 bits per heavy atom. The fraction of sp³-hybridized carbons (Fsp3) is 0.333. The van der Waals surface area contributed by atoms with Gasteiger partial charge >= 0.3 is 0 Å². The van der Waals surface area contributed by atoms with Crippen LogP contribution in [-0.2, 0) is 0 Å². The lowest BCUT2D eigenvalue weighted by molar-refractivity contribution is 0.394. The zero-order valence-electron chi connectivity index (χ0n) is 3.12. The van der Waals surface area contributed by atoms with Crippen LogP contribution in [0.1, 0.15) is 0 Å². The monoisotopic (exact) mass is 153 g/mol. The lowest BCUT2D eigenvalue weighted by Gasteiger charge is -1.91. The summed E-state index contributed by atoms with van der Waals surface area (Å²) in [5.41, 5.74) is 0. The maximum Gasteiger partial charge on any atom is 0.178 e. The van der Waals surface area contributed by atoms with Crippen LogP contribution >= 0.6 is 16.1 Å². The molecule has 0 radical (unpaired) electrons. The molecule has 0 spiro atoms. The molecule has 6 heavy (non-hydrogen) atoms. The molecular weight excluding hydrogens is 149 g/mol. The van der Waals surface area contributed by atoms with E-state index in [-0.39, 0.29) is 0 Å². The number of rotatable bonds is 2. The number of hydrogen-bond acceptors (Lipinski definition) is 1. The van der Waals surface area contributed by atoms with E-state index in [1.165, 1.54) is 0 Å². The van der Waals surface area contributed by atoms with E-state index in [2.05, 4.69) is 27.1 Å². The second-order valence-corrected chi connectivity index (χ2v) is 1.20. The molecule has 1 unspecified atom stereocenters. The summed E-state index contributed by atoms with van der Waals surface area (Å²) in [6.45, 7) is 3.16. The molecule has 0 aromatic rings. The Labute approximate surface area is 44.6 Å². The Morgan fingerprint density at radius 2 is 2.50 bits per heavy atom. The van der Waals surface area contributed by atoms with E-state index in [9.17, 15) is 4.39 Å². The minimum atomic E-state index is -1.13. The first-order chi connectivity index (χ1) is 2.81. The van der Waals surface area contributed by atoms with Gasteiger partial charge in [-0.2, -0.15) is 0 Å². The summed E-state index contributed by atoms with van der Waals surface area (Å²) in [4.78, 5) is 0. The Morgan fingerprint density at radius 3 is 2.50 bits per heavy atom. The highest BCUT2D eigenvalue weighted by atomic mass is 79.9. The predicted octanol–water partition coefficient (Wildman–Crippen LogP) is 1.37. The molecule has 0 amide bonds. The standard InChI is InChI=1S/C3H5BrFN/c1-2-3(5)6-4/h2-3,6H,1H2. The first kappa shape index (κ1) is 6.11. The van der Waals surface area contributed by atoms with Gasteiger partial charge in [-0.25, -0.2) is 8.73 Å². The smallest absolute Gasteiger partial charge is 0.178 e. The first-order valence-electron chi connectivity index (χ1n) is 1.44. The summed E-state index contributed by atoms with van der Waals surface area (Å²) in [7, 11) is 0. The van der Waals surface area contributed by atoms with Gasteiger partial charge in [0, 0.05) is 16.1 Å². The second-order valence-electron chi connectivity index (χ2n) is 0.747. The van der Waals surface area contributed by atoms with Crippen molar-refractivity contribution >= 4 is 16.1 Å². The highest BCUT2D eigenvalue weighted by Crippen LogP contribution is 1.85. The molecule has 0 aliphatic carbocycles. The van der Waals surface area contributed by atoms with E-state index in [1.54, 1.807) is 0 Å². The lowest BCUT2D eigenvalue weighted by atomic mass is 10.6. The molecule has 0 rings (SSSR count). The highest BCUT2D eigenvalue weighted by Gasteiger charge is 1.89. The summed E-state index contributed by atoms with van der Waals surface area (Å²) >= 11 is 2.68. The molecule has 0 saturated heterocycles. The predicted molar refractivity (Wildman–Crippen MR) is 27.2 cm³/mol. The molecule has 3 heteroatoms. The Kier molecular flexibility index (Phi) is 3.37. The van der Waals surface area contributed by atoms with Gasteiger partial charge in [-0.05, 0) is 6.08 Å². The van der Waals surface area contributed by atoms with Crippen molar-refractivity contribution in [2.24, 2.45) is 0 Å². The molecule has 0 aliphatic heterocycles. The second kappa shape index (κ2) is 3.31. The lowest BCUT2D eigenvalue weighted by Crippen LogP contribution is -2.08. The minimum Gasteiger partial charge on any atom is -0.225 e. The zero-order valence-corrected chi connectivity index (χ0v) is 4.70. The molecular formula is C3H5BrFN. The Bertz CT molecular complexity index is 48.1.